The zero-order valence-corrected chi connectivity index (χ0v) is 9.38. The Morgan fingerprint density at radius 2 is 2.06 bits per heavy atom. The lowest BCUT2D eigenvalue weighted by atomic mass is 10.2. The normalized spacial score (nSPS) is 9.65. The Bertz CT molecular complexity index is 559. The maximum atomic E-state index is 8.81. The first kappa shape index (κ1) is 11.0. The van der Waals surface area contributed by atoms with E-state index in [1.54, 1.807) is 24.7 Å². The van der Waals surface area contributed by atoms with Gasteiger partial charge in [0.15, 0.2) is 0 Å². The van der Waals surface area contributed by atoms with E-state index >= 15 is 0 Å². The molecule has 0 aliphatic heterocycles. The van der Waals surface area contributed by atoms with Gasteiger partial charge in [0.1, 0.15) is 11.9 Å². The predicted molar refractivity (Wildman–Crippen MR) is 64.1 cm³/mol. The van der Waals surface area contributed by atoms with Gasteiger partial charge in [0, 0.05) is 24.5 Å². The van der Waals surface area contributed by atoms with Gasteiger partial charge in [0.25, 0.3) is 0 Å². The van der Waals surface area contributed by atoms with Gasteiger partial charge in [-0.2, -0.15) is 5.26 Å². The van der Waals surface area contributed by atoms with Crippen LogP contribution in [0.1, 0.15) is 12.5 Å². The molecule has 0 bridgehead atoms. The first-order valence-electron chi connectivity index (χ1n) is 5.25. The van der Waals surface area contributed by atoms with E-state index in [1.807, 2.05) is 6.92 Å². The third-order valence-corrected chi connectivity index (χ3v) is 2.16. The molecule has 0 aliphatic rings. The molecule has 0 aromatic carbocycles. The number of aromatic nitrogens is 3. The zero-order chi connectivity index (χ0) is 12.1. The smallest absolute Gasteiger partial charge is 0.145 e. The maximum Gasteiger partial charge on any atom is 0.145 e. The van der Waals surface area contributed by atoms with Crippen molar-refractivity contribution in [3.63, 3.8) is 0 Å². The first-order chi connectivity index (χ1) is 8.33. The van der Waals surface area contributed by atoms with Crippen LogP contribution in [0.3, 0.4) is 0 Å². The minimum Gasteiger partial charge on any atom is -0.369 e. The lowest BCUT2D eigenvalue weighted by Gasteiger charge is -2.04. The molecule has 0 spiro atoms. The first-order valence-corrected chi connectivity index (χ1v) is 5.25. The zero-order valence-electron chi connectivity index (χ0n) is 9.38. The third-order valence-electron chi connectivity index (χ3n) is 2.16. The van der Waals surface area contributed by atoms with Crippen LogP contribution < -0.4 is 5.32 Å². The van der Waals surface area contributed by atoms with Crippen LogP contribution in [0.2, 0.25) is 0 Å². The fourth-order valence-corrected chi connectivity index (χ4v) is 1.41. The second-order valence-electron chi connectivity index (χ2n) is 3.39. The van der Waals surface area contributed by atoms with Crippen LogP contribution >= 0.6 is 0 Å². The number of nitriles is 1. The Balaban J connectivity index is 2.39. The Hall–Kier alpha value is -2.48. The fraction of sp³-hybridized carbons (Fsp3) is 0.167. The van der Waals surface area contributed by atoms with E-state index in [2.05, 4.69) is 26.3 Å². The number of rotatable bonds is 3. The van der Waals surface area contributed by atoms with Gasteiger partial charge < -0.3 is 5.32 Å². The van der Waals surface area contributed by atoms with Crippen LogP contribution in [-0.4, -0.2) is 21.5 Å². The number of nitrogens with one attached hydrogen (secondary N) is 1. The summed E-state index contributed by atoms with van der Waals surface area (Å²) in [4.78, 5) is 12.5. The molecule has 5 heteroatoms. The average Bonchev–Trinajstić information content (AvgIpc) is 2.40. The fourth-order valence-electron chi connectivity index (χ4n) is 1.41. The van der Waals surface area contributed by atoms with Crippen molar-refractivity contribution in [3.05, 3.63) is 36.4 Å². The molecule has 0 saturated carbocycles. The summed E-state index contributed by atoms with van der Waals surface area (Å²) in [5.74, 6) is 0.715. The number of hydrogen-bond acceptors (Lipinski definition) is 5. The molecule has 2 aromatic heterocycles. The van der Waals surface area contributed by atoms with E-state index in [4.69, 9.17) is 5.26 Å². The summed E-state index contributed by atoms with van der Waals surface area (Å²) in [7, 11) is 0. The molecule has 0 saturated heterocycles. The summed E-state index contributed by atoms with van der Waals surface area (Å²) >= 11 is 0. The van der Waals surface area contributed by atoms with E-state index < -0.39 is 0 Å². The average molecular weight is 225 g/mol. The number of pyridine rings is 1. The number of nitrogens with zero attached hydrogens (tertiary/aromatic N) is 4. The second-order valence-corrected chi connectivity index (χ2v) is 3.39. The molecular weight excluding hydrogens is 214 g/mol. The summed E-state index contributed by atoms with van der Waals surface area (Å²) < 4.78 is 0. The van der Waals surface area contributed by atoms with Crippen LogP contribution in [0.25, 0.3) is 11.3 Å². The second kappa shape index (κ2) is 5.03. The molecule has 2 heterocycles. The van der Waals surface area contributed by atoms with Gasteiger partial charge in [-0.05, 0) is 13.0 Å². The van der Waals surface area contributed by atoms with Crippen LogP contribution in [0, 0.1) is 11.3 Å². The molecule has 0 fully saturated rings. The summed E-state index contributed by atoms with van der Waals surface area (Å²) in [5.41, 5.74) is 2.00. The molecule has 84 valence electrons. The van der Waals surface area contributed by atoms with Crippen molar-refractivity contribution in [2.45, 2.75) is 6.92 Å². The topological polar surface area (TPSA) is 74.5 Å². The van der Waals surface area contributed by atoms with Crippen molar-refractivity contribution < 1.29 is 0 Å². The van der Waals surface area contributed by atoms with E-state index in [0.717, 1.165) is 12.1 Å². The van der Waals surface area contributed by atoms with E-state index in [1.165, 1.54) is 6.20 Å². The molecule has 2 rings (SSSR count). The van der Waals surface area contributed by atoms with Crippen molar-refractivity contribution in [2.24, 2.45) is 0 Å². The Labute approximate surface area is 99.2 Å². The van der Waals surface area contributed by atoms with Gasteiger partial charge in [-0.25, -0.2) is 4.98 Å². The molecule has 0 radical (unpaired) electrons. The Morgan fingerprint density at radius 3 is 2.82 bits per heavy atom. The van der Waals surface area contributed by atoms with E-state index in [9.17, 15) is 0 Å². The maximum absolute atomic E-state index is 8.81. The monoisotopic (exact) mass is 225 g/mol. The van der Waals surface area contributed by atoms with Gasteiger partial charge in [-0.15, -0.1) is 0 Å². The molecule has 1 N–H and O–H groups in total. The van der Waals surface area contributed by atoms with E-state index in [-0.39, 0.29) is 0 Å². The largest absolute Gasteiger partial charge is 0.369 e. The number of hydrogen-bond donors (Lipinski definition) is 1. The quantitative estimate of drug-likeness (QED) is 0.862. The van der Waals surface area contributed by atoms with E-state index in [0.29, 0.717) is 17.1 Å². The van der Waals surface area contributed by atoms with Gasteiger partial charge in [-0.1, -0.05) is 0 Å². The predicted octanol–water partition coefficient (Wildman–Crippen LogP) is 1.84. The standard InChI is InChI=1S/C12H11N5/c1-2-16-12-8-15-7-11(17-12)10-3-9(4-13)5-14-6-10/h3,5-8H,2H2,1H3,(H,16,17). The summed E-state index contributed by atoms with van der Waals surface area (Å²) in [6.07, 6.45) is 6.50. The Kier molecular flexibility index (Phi) is 3.26. The SMILES string of the molecule is CCNc1cncc(-c2cncc(C#N)c2)n1. The molecule has 5 nitrogen and oxygen atoms in total. The highest BCUT2D eigenvalue weighted by molar-refractivity contribution is 5.60. The van der Waals surface area contributed by atoms with Crippen LogP contribution in [0.4, 0.5) is 5.82 Å². The molecule has 0 atom stereocenters. The van der Waals surface area contributed by atoms with Crippen molar-refractivity contribution in [1.29, 1.82) is 5.26 Å². The highest BCUT2D eigenvalue weighted by Crippen LogP contribution is 2.17. The lowest BCUT2D eigenvalue weighted by Crippen LogP contribution is -2.00. The highest BCUT2D eigenvalue weighted by atomic mass is 15.0. The molecule has 0 amide bonds. The Morgan fingerprint density at radius 1 is 1.24 bits per heavy atom. The third kappa shape index (κ3) is 2.55. The van der Waals surface area contributed by atoms with Gasteiger partial charge in [-0.3, -0.25) is 9.97 Å². The minimum atomic E-state index is 0.512. The van der Waals surface area contributed by atoms with Gasteiger partial charge >= 0.3 is 0 Å². The van der Waals surface area contributed by atoms with Crippen molar-refractivity contribution in [3.8, 4) is 17.3 Å². The molecule has 2 aromatic rings. The summed E-state index contributed by atoms with van der Waals surface area (Å²) in [6.45, 7) is 2.78. The summed E-state index contributed by atoms with van der Waals surface area (Å²) in [5, 5.41) is 11.9. The lowest BCUT2D eigenvalue weighted by molar-refractivity contribution is 1.12. The number of anilines is 1. The van der Waals surface area contributed by atoms with Crippen molar-refractivity contribution in [2.75, 3.05) is 11.9 Å². The molecular formula is C12H11N5. The van der Waals surface area contributed by atoms with Crippen molar-refractivity contribution in [1.82, 2.24) is 15.0 Å². The van der Waals surface area contributed by atoms with Crippen molar-refractivity contribution >= 4 is 5.82 Å². The summed E-state index contributed by atoms with van der Waals surface area (Å²) in [6, 6.07) is 3.79. The van der Waals surface area contributed by atoms with Gasteiger partial charge in [0.2, 0.25) is 0 Å². The molecule has 17 heavy (non-hydrogen) atoms. The van der Waals surface area contributed by atoms with Crippen LogP contribution in [0.5, 0.6) is 0 Å². The molecule has 0 unspecified atom stereocenters. The highest BCUT2D eigenvalue weighted by Gasteiger charge is 2.03. The van der Waals surface area contributed by atoms with Crippen LogP contribution in [0.15, 0.2) is 30.9 Å². The minimum absolute atomic E-state index is 0.512. The molecule has 0 aliphatic carbocycles. The van der Waals surface area contributed by atoms with Gasteiger partial charge in [0.05, 0.1) is 23.7 Å². The van der Waals surface area contributed by atoms with Crippen LogP contribution in [-0.2, 0) is 0 Å².